The Kier molecular flexibility index (Phi) is 5.02. The van der Waals surface area contributed by atoms with E-state index in [1.165, 1.54) is 38.0 Å². The van der Waals surface area contributed by atoms with Crippen LogP contribution in [0.5, 0.6) is 5.75 Å². The number of piperidine rings is 1. The third kappa shape index (κ3) is 3.72. The molecule has 0 spiro atoms. The van der Waals surface area contributed by atoms with Gasteiger partial charge in [0.2, 0.25) is 0 Å². The fourth-order valence-electron chi connectivity index (χ4n) is 2.46. The molecule has 2 rings (SSSR count). The lowest BCUT2D eigenvalue weighted by molar-refractivity contribution is 0.206. The lowest BCUT2D eigenvalue weighted by Gasteiger charge is -2.31. The molecular weight excluding hydrogens is 224 g/mol. The van der Waals surface area contributed by atoms with E-state index in [4.69, 9.17) is 4.74 Å². The van der Waals surface area contributed by atoms with Crippen molar-refractivity contribution in [2.24, 2.45) is 0 Å². The standard InChI is InChI=1S/C15H24N2O/c1-3-17-10-8-14(9-11-17)16-12-13-4-6-15(18-2)7-5-13/h4-7,14,16H,3,8-12H2,1-2H3. The van der Waals surface area contributed by atoms with Gasteiger partial charge in [0.05, 0.1) is 7.11 Å². The van der Waals surface area contributed by atoms with E-state index < -0.39 is 0 Å². The molecule has 100 valence electrons. The van der Waals surface area contributed by atoms with Crippen LogP contribution in [-0.2, 0) is 6.54 Å². The fraction of sp³-hybridized carbons (Fsp3) is 0.600. The highest BCUT2D eigenvalue weighted by molar-refractivity contribution is 5.27. The lowest BCUT2D eigenvalue weighted by atomic mass is 10.0. The Morgan fingerprint density at radius 3 is 2.44 bits per heavy atom. The summed E-state index contributed by atoms with van der Waals surface area (Å²) < 4.78 is 5.16. The topological polar surface area (TPSA) is 24.5 Å². The van der Waals surface area contributed by atoms with E-state index in [1.807, 2.05) is 12.1 Å². The van der Waals surface area contributed by atoms with Crippen LogP contribution in [-0.4, -0.2) is 37.7 Å². The Bertz CT molecular complexity index is 342. The molecule has 0 bridgehead atoms. The van der Waals surface area contributed by atoms with Gasteiger partial charge >= 0.3 is 0 Å². The number of likely N-dealkylation sites (tertiary alicyclic amines) is 1. The molecule has 1 aliphatic heterocycles. The maximum Gasteiger partial charge on any atom is 0.118 e. The second-order valence-corrected chi connectivity index (χ2v) is 4.94. The van der Waals surface area contributed by atoms with Gasteiger partial charge in [-0.2, -0.15) is 0 Å². The van der Waals surface area contributed by atoms with Crippen LogP contribution in [0.25, 0.3) is 0 Å². The van der Waals surface area contributed by atoms with Crippen molar-refractivity contribution in [1.82, 2.24) is 10.2 Å². The van der Waals surface area contributed by atoms with Crippen molar-refractivity contribution in [3.63, 3.8) is 0 Å². The minimum atomic E-state index is 0.676. The Labute approximate surface area is 110 Å². The summed E-state index contributed by atoms with van der Waals surface area (Å²) in [4.78, 5) is 2.52. The Morgan fingerprint density at radius 1 is 1.22 bits per heavy atom. The molecule has 1 aromatic rings. The SMILES string of the molecule is CCN1CCC(NCc2ccc(OC)cc2)CC1. The number of nitrogens with zero attached hydrogens (tertiary/aromatic N) is 1. The van der Waals surface area contributed by atoms with Gasteiger partial charge in [0.25, 0.3) is 0 Å². The highest BCUT2D eigenvalue weighted by Crippen LogP contribution is 2.13. The van der Waals surface area contributed by atoms with E-state index in [0.29, 0.717) is 6.04 Å². The van der Waals surface area contributed by atoms with Crippen LogP contribution < -0.4 is 10.1 Å². The van der Waals surface area contributed by atoms with Crippen LogP contribution in [0.15, 0.2) is 24.3 Å². The summed E-state index contributed by atoms with van der Waals surface area (Å²) in [6.07, 6.45) is 2.54. The zero-order chi connectivity index (χ0) is 12.8. The van der Waals surface area contributed by atoms with E-state index >= 15 is 0 Å². The molecule has 1 heterocycles. The smallest absolute Gasteiger partial charge is 0.118 e. The van der Waals surface area contributed by atoms with Crippen LogP contribution in [0.1, 0.15) is 25.3 Å². The average molecular weight is 248 g/mol. The molecule has 18 heavy (non-hydrogen) atoms. The van der Waals surface area contributed by atoms with Gasteiger partial charge in [0.1, 0.15) is 5.75 Å². The molecule has 3 nitrogen and oxygen atoms in total. The summed E-state index contributed by atoms with van der Waals surface area (Å²) >= 11 is 0. The summed E-state index contributed by atoms with van der Waals surface area (Å²) in [7, 11) is 1.70. The molecular formula is C15H24N2O. The number of nitrogens with one attached hydrogen (secondary N) is 1. The first kappa shape index (κ1) is 13.4. The number of benzene rings is 1. The summed E-state index contributed by atoms with van der Waals surface area (Å²) in [5.41, 5.74) is 1.33. The van der Waals surface area contributed by atoms with Crippen LogP contribution in [0.2, 0.25) is 0 Å². The Balaban J connectivity index is 1.74. The number of hydrogen-bond acceptors (Lipinski definition) is 3. The number of rotatable bonds is 5. The predicted octanol–water partition coefficient (Wildman–Crippen LogP) is 2.27. The molecule has 1 aliphatic rings. The van der Waals surface area contributed by atoms with Gasteiger partial charge in [0.15, 0.2) is 0 Å². The normalized spacial score (nSPS) is 17.9. The molecule has 0 aromatic heterocycles. The number of methoxy groups -OCH3 is 1. The third-order valence-corrected chi connectivity index (χ3v) is 3.79. The Morgan fingerprint density at radius 2 is 1.89 bits per heavy atom. The van der Waals surface area contributed by atoms with Gasteiger partial charge in [-0.1, -0.05) is 19.1 Å². The quantitative estimate of drug-likeness (QED) is 0.865. The van der Waals surface area contributed by atoms with Gasteiger partial charge in [-0.05, 0) is 50.2 Å². The highest BCUT2D eigenvalue weighted by Gasteiger charge is 2.16. The van der Waals surface area contributed by atoms with Gasteiger partial charge < -0.3 is 15.0 Å². The first-order valence-corrected chi connectivity index (χ1v) is 6.90. The second kappa shape index (κ2) is 6.76. The zero-order valence-corrected chi connectivity index (χ0v) is 11.5. The van der Waals surface area contributed by atoms with E-state index in [9.17, 15) is 0 Å². The van der Waals surface area contributed by atoms with Crippen LogP contribution in [0.3, 0.4) is 0 Å². The third-order valence-electron chi connectivity index (χ3n) is 3.79. The molecule has 0 radical (unpaired) electrons. The van der Waals surface area contributed by atoms with E-state index in [0.717, 1.165) is 12.3 Å². The average Bonchev–Trinajstić information content (AvgIpc) is 2.46. The maximum absolute atomic E-state index is 5.16. The minimum absolute atomic E-state index is 0.676. The summed E-state index contributed by atoms with van der Waals surface area (Å²) in [5, 5.41) is 3.65. The largest absolute Gasteiger partial charge is 0.497 e. The van der Waals surface area contributed by atoms with Gasteiger partial charge in [-0.3, -0.25) is 0 Å². The second-order valence-electron chi connectivity index (χ2n) is 4.94. The monoisotopic (exact) mass is 248 g/mol. The van der Waals surface area contributed by atoms with Crippen LogP contribution in [0.4, 0.5) is 0 Å². The number of hydrogen-bond donors (Lipinski definition) is 1. The highest BCUT2D eigenvalue weighted by atomic mass is 16.5. The molecule has 1 aromatic carbocycles. The summed E-state index contributed by atoms with van der Waals surface area (Å²) in [6.45, 7) is 6.85. The molecule has 1 saturated heterocycles. The van der Waals surface area contributed by atoms with Crippen molar-refractivity contribution >= 4 is 0 Å². The molecule has 1 N–H and O–H groups in total. The molecule has 3 heteroatoms. The Hall–Kier alpha value is -1.06. The van der Waals surface area contributed by atoms with Crippen molar-refractivity contribution in [3.8, 4) is 5.75 Å². The van der Waals surface area contributed by atoms with Gasteiger partial charge in [-0.15, -0.1) is 0 Å². The number of ether oxygens (including phenoxy) is 1. The van der Waals surface area contributed by atoms with Crippen LogP contribution in [0, 0.1) is 0 Å². The first-order chi connectivity index (χ1) is 8.81. The maximum atomic E-state index is 5.16. The minimum Gasteiger partial charge on any atom is -0.497 e. The van der Waals surface area contributed by atoms with Crippen molar-refractivity contribution < 1.29 is 4.74 Å². The van der Waals surface area contributed by atoms with Crippen molar-refractivity contribution in [2.75, 3.05) is 26.7 Å². The van der Waals surface area contributed by atoms with E-state index in [1.54, 1.807) is 7.11 Å². The fourth-order valence-corrected chi connectivity index (χ4v) is 2.46. The molecule has 0 saturated carbocycles. The van der Waals surface area contributed by atoms with Crippen molar-refractivity contribution in [2.45, 2.75) is 32.4 Å². The van der Waals surface area contributed by atoms with Crippen molar-refractivity contribution in [3.05, 3.63) is 29.8 Å². The molecule has 0 amide bonds. The predicted molar refractivity (Wildman–Crippen MR) is 75.0 cm³/mol. The van der Waals surface area contributed by atoms with Gasteiger partial charge in [0, 0.05) is 12.6 Å². The zero-order valence-electron chi connectivity index (χ0n) is 11.5. The molecule has 1 fully saturated rings. The van der Waals surface area contributed by atoms with E-state index in [2.05, 4.69) is 29.3 Å². The van der Waals surface area contributed by atoms with Crippen LogP contribution >= 0.6 is 0 Å². The van der Waals surface area contributed by atoms with E-state index in [-0.39, 0.29) is 0 Å². The first-order valence-electron chi connectivity index (χ1n) is 6.90. The lowest BCUT2D eigenvalue weighted by Crippen LogP contribution is -2.42. The molecule has 0 atom stereocenters. The molecule has 0 aliphatic carbocycles. The summed E-state index contributed by atoms with van der Waals surface area (Å²) in [6, 6.07) is 8.99. The molecule has 0 unspecified atom stereocenters. The van der Waals surface area contributed by atoms with Crippen molar-refractivity contribution in [1.29, 1.82) is 0 Å². The van der Waals surface area contributed by atoms with Gasteiger partial charge in [-0.25, -0.2) is 0 Å². The summed E-state index contributed by atoms with van der Waals surface area (Å²) in [5.74, 6) is 0.926.